The summed E-state index contributed by atoms with van der Waals surface area (Å²) in [5, 5.41) is 1.37. The molecule has 1 aromatic carbocycles. The largest absolute Gasteiger partial charge is 0.450 e. The van der Waals surface area contributed by atoms with Crippen molar-refractivity contribution in [3.63, 3.8) is 0 Å². The molecule has 4 nitrogen and oxygen atoms in total. The number of hydrogen-bond donors (Lipinski definition) is 0. The van der Waals surface area contributed by atoms with Crippen molar-refractivity contribution in [2.45, 2.75) is 45.3 Å². The van der Waals surface area contributed by atoms with Crippen LogP contribution in [0.1, 0.15) is 26.7 Å². The Morgan fingerprint density at radius 3 is 2.38 bits per heavy atom. The lowest BCUT2D eigenvalue weighted by Crippen LogP contribution is -2.48. The number of piperidine rings is 1. The summed E-state index contributed by atoms with van der Waals surface area (Å²) < 4.78 is 5.09. The van der Waals surface area contributed by atoms with Crippen LogP contribution in [0.15, 0.2) is 42.0 Å². The number of amides is 1. The van der Waals surface area contributed by atoms with Gasteiger partial charge >= 0.3 is 6.09 Å². The smallest absolute Gasteiger partial charge is 0.409 e. The lowest BCUT2D eigenvalue weighted by molar-refractivity contribution is -0.110. The number of nitrogens with zero attached hydrogens (tertiary/aromatic N) is 1. The maximum atomic E-state index is 11.9. The van der Waals surface area contributed by atoms with Crippen LogP contribution in [0.5, 0.6) is 0 Å². The minimum atomic E-state index is -1.84. The molecule has 1 saturated heterocycles. The summed E-state index contributed by atoms with van der Waals surface area (Å²) in [4.78, 5) is 25.2. The Bertz CT molecular complexity index is 632. The third-order valence-electron chi connectivity index (χ3n) is 5.48. The van der Waals surface area contributed by atoms with Crippen LogP contribution in [0.4, 0.5) is 4.79 Å². The zero-order valence-electron chi connectivity index (χ0n) is 16.4. The van der Waals surface area contributed by atoms with E-state index in [0.29, 0.717) is 19.7 Å². The van der Waals surface area contributed by atoms with Crippen molar-refractivity contribution in [2.24, 2.45) is 5.92 Å². The van der Waals surface area contributed by atoms with Crippen LogP contribution in [0, 0.1) is 5.92 Å². The predicted molar refractivity (Wildman–Crippen MR) is 108 cm³/mol. The molecule has 1 heterocycles. The Hall–Kier alpha value is -1.88. The first-order chi connectivity index (χ1) is 12.4. The summed E-state index contributed by atoms with van der Waals surface area (Å²) in [6, 6.07) is 10.6. The first-order valence-corrected chi connectivity index (χ1v) is 12.6. The van der Waals surface area contributed by atoms with E-state index in [9.17, 15) is 9.59 Å². The topological polar surface area (TPSA) is 46.6 Å². The normalized spacial score (nSPS) is 17.4. The number of benzene rings is 1. The Balaban J connectivity index is 2.17. The van der Waals surface area contributed by atoms with Gasteiger partial charge in [0, 0.05) is 19.0 Å². The molecule has 1 amide bonds. The number of likely N-dealkylation sites (tertiary alicyclic amines) is 1. The minimum absolute atomic E-state index is 0.00698. The van der Waals surface area contributed by atoms with Gasteiger partial charge in [0.1, 0.15) is 6.29 Å². The number of ether oxygens (including phenoxy) is 1. The van der Waals surface area contributed by atoms with E-state index in [2.05, 4.69) is 43.4 Å². The van der Waals surface area contributed by atoms with E-state index in [1.807, 2.05) is 19.9 Å². The van der Waals surface area contributed by atoms with Crippen molar-refractivity contribution in [1.29, 1.82) is 0 Å². The van der Waals surface area contributed by atoms with Crippen molar-refractivity contribution in [1.82, 2.24) is 4.90 Å². The Labute approximate surface area is 158 Å². The van der Waals surface area contributed by atoms with Gasteiger partial charge in [0.05, 0.1) is 14.7 Å². The van der Waals surface area contributed by atoms with Gasteiger partial charge in [0.25, 0.3) is 0 Å². The molecule has 0 bridgehead atoms. The molecule has 142 valence electrons. The van der Waals surface area contributed by atoms with Gasteiger partial charge in [0.2, 0.25) is 0 Å². The van der Waals surface area contributed by atoms with Gasteiger partial charge in [-0.25, -0.2) is 4.79 Å². The molecule has 1 aromatic rings. The molecule has 26 heavy (non-hydrogen) atoms. The van der Waals surface area contributed by atoms with Crippen LogP contribution in [-0.4, -0.2) is 45.0 Å². The number of hydrogen-bond acceptors (Lipinski definition) is 3. The number of rotatable bonds is 6. The predicted octanol–water partition coefficient (Wildman–Crippen LogP) is 3.99. The first kappa shape index (κ1) is 20.4. The summed E-state index contributed by atoms with van der Waals surface area (Å²) in [7, 11) is -1.84. The van der Waals surface area contributed by atoms with Crippen LogP contribution in [-0.2, 0) is 9.53 Å². The highest BCUT2D eigenvalue weighted by Gasteiger charge is 2.36. The molecule has 0 aromatic heterocycles. The SMILES string of the molecule is CCOC(=O)N1CCC(=C[C@@H]([C@@H](C)C=O)[Si](C)(C)c2ccccc2)CC1. The lowest BCUT2D eigenvalue weighted by atomic mass is 9.99. The van der Waals surface area contributed by atoms with Crippen LogP contribution in [0.25, 0.3) is 0 Å². The second-order valence-electron chi connectivity index (χ2n) is 7.62. The highest BCUT2D eigenvalue weighted by atomic mass is 28.3. The third-order valence-corrected chi connectivity index (χ3v) is 9.66. The Kier molecular flexibility index (Phi) is 7.20. The summed E-state index contributed by atoms with van der Waals surface area (Å²) in [6.07, 6.45) is 4.94. The number of allylic oxidation sites excluding steroid dienone is 1. The standard InChI is InChI=1S/C21H31NO3Si/c1-5-25-21(24)22-13-11-18(12-14-22)15-20(17(2)16-23)26(3,4)19-9-7-6-8-10-19/h6-10,15-17,20H,5,11-14H2,1-4H3/t17-,20-/m0/s1. The zero-order chi connectivity index (χ0) is 19.2. The zero-order valence-corrected chi connectivity index (χ0v) is 17.4. The van der Waals surface area contributed by atoms with Crippen molar-refractivity contribution in [3.8, 4) is 0 Å². The Morgan fingerprint density at radius 1 is 1.23 bits per heavy atom. The van der Waals surface area contributed by atoms with E-state index in [0.717, 1.165) is 19.1 Å². The summed E-state index contributed by atoms with van der Waals surface area (Å²) in [6.45, 7) is 10.3. The molecule has 5 heteroatoms. The first-order valence-electron chi connectivity index (χ1n) is 9.52. The van der Waals surface area contributed by atoms with E-state index in [4.69, 9.17) is 4.74 Å². The molecule has 2 rings (SSSR count). The quantitative estimate of drug-likeness (QED) is 0.430. The third kappa shape index (κ3) is 4.85. The number of aldehydes is 1. The summed E-state index contributed by atoms with van der Waals surface area (Å²) in [5.74, 6) is -0.00698. The average molecular weight is 374 g/mol. The summed E-state index contributed by atoms with van der Waals surface area (Å²) >= 11 is 0. The van der Waals surface area contributed by atoms with Crippen LogP contribution < -0.4 is 5.19 Å². The van der Waals surface area contributed by atoms with Crippen LogP contribution in [0.3, 0.4) is 0 Å². The molecule has 1 fully saturated rings. The second kappa shape index (κ2) is 9.17. The molecule has 1 aliphatic heterocycles. The van der Waals surface area contributed by atoms with Gasteiger partial charge < -0.3 is 14.4 Å². The molecular formula is C21H31NO3Si. The van der Waals surface area contributed by atoms with Crippen LogP contribution in [0.2, 0.25) is 18.6 Å². The average Bonchev–Trinajstić information content (AvgIpc) is 2.66. The Morgan fingerprint density at radius 2 is 1.85 bits per heavy atom. The maximum Gasteiger partial charge on any atom is 0.409 e. The molecule has 1 aliphatic rings. The lowest BCUT2D eigenvalue weighted by Gasteiger charge is -2.35. The molecule has 0 N–H and O–H groups in total. The fraction of sp³-hybridized carbons (Fsp3) is 0.524. The van der Waals surface area contributed by atoms with Crippen molar-refractivity contribution in [3.05, 3.63) is 42.0 Å². The molecular weight excluding hydrogens is 342 g/mol. The molecule has 2 atom stereocenters. The second-order valence-corrected chi connectivity index (χ2v) is 12.3. The van der Waals surface area contributed by atoms with Crippen molar-refractivity contribution < 1.29 is 14.3 Å². The van der Waals surface area contributed by atoms with Gasteiger partial charge in [-0.15, -0.1) is 0 Å². The molecule has 0 spiro atoms. The van der Waals surface area contributed by atoms with Crippen molar-refractivity contribution in [2.75, 3.05) is 19.7 Å². The highest BCUT2D eigenvalue weighted by molar-refractivity contribution is 6.91. The van der Waals surface area contributed by atoms with E-state index in [-0.39, 0.29) is 17.6 Å². The number of carbonyl (C=O) groups is 2. The highest BCUT2D eigenvalue weighted by Crippen LogP contribution is 2.33. The van der Waals surface area contributed by atoms with E-state index in [1.165, 1.54) is 10.8 Å². The maximum absolute atomic E-state index is 11.9. The van der Waals surface area contributed by atoms with E-state index in [1.54, 1.807) is 4.90 Å². The molecule has 0 saturated carbocycles. The van der Waals surface area contributed by atoms with E-state index < -0.39 is 8.07 Å². The molecule has 0 aliphatic carbocycles. The van der Waals surface area contributed by atoms with Crippen LogP contribution >= 0.6 is 0 Å². The van der Waals surface area contributed by atoms with E-state index >= 15 is 0 Å². The van der Waals surface area contributed by atoms with Gasteiger partial charge in [-0.2, -0.15) is 0 Å². The summed E-state index contributed by atoms with van der Waals surface area (Å²) in [5.41, 5.74) is 1.62. The molecule has 0 unspecified atom stereocenters. The van der Waals surface area contributed by atoms with Gasteiger partial charge in [-0.3, -0.25) is 0 Å². The van der Waals surface area contributed by atoms with Gasteiger partial charge in [-0.05, 0) is 25.3 Å². The number of carbonyl (C=O) groups excluding carboxylic acids is 2. The van der Waals surface area contributed by atoms with Crippen molar-refractivity contribution >= 4 is 25.6 Å². The van der Waals surface area contributed by atoms with Gasteiger partial charge in [-0.1, -0.05) is 67.2 Å². The monoisotopic (exact) mass is 373 g/mol. The fourth-order valence-electron chi connectivity index (χ4n) is 3.77. The van der Waals surface area contributed by atoms with Gasteiger partial charge in [0.15, 0.2) is 0 Å². The fourth-order valence-corrected chi connectivity index (χ4v) is 7.26. The molecule has 0 radical (unpaired) electrons. The minimum Gasteiger partial charge on any atom is -0.450 e.